The predicted octanol–water partition coefficient (Wildman–Crippen LogP) is 1.77. The van der Waals surface area contributed by atoms with Crippen LogP contribution >= 0.6 is 15.9 Å². The quantitative estimate of drug-likeness (QED) is 0.783. The van der Waals surface area contributed by atoms with Gasteiger partial charge in [-0.2, -0.15) is 0 Å². The Labute approximate surface area is 97.3 Å². The van der Waals surface area contributed by atoms with E-state index in [-0.39, 0.29) is 17.9 Å². The van der Waals surface area contributed by atoms with Crippen molar-refractivity contribution in [3.05, 3.63) is 28.2 Å². The van der Waals surface area contributed by atoms with Crippen LogP contribution in [0.1, 0.15) is 18.4 Å². The number of halogens is 1. The van der Waals surface area contributed by atoms with E-state index in [1.54, 1.807) is 6.07 Å². The standard InChI is InChI=1S/C11H14BrNO2/c12-9-3-1-2-8(10(9)15)6-13-11(7-14)4-5-11/h1-3,13-15H,4-7H2. The summed E-state index contributed by atoms with van der Waals surface area (Å²) >= 11 is 3.27. The van der Waals surface area contributed by atoms with Crippen molar-refractivity contribution in [2.75, 3.05) is 6.61 Å². The Morgan fingerprint density at radius 1 is 1.40 bits per heavy atom. The molecule has 82 valence electrons. The van der Waals surface area contributed by atoms with Crippen LogP contribution in [0.4, 0.5) is 0 Å². The molecule has 4 heteroatoms. The molecule has 3 nitrogen and oxygen atoms in total. The van der Waals surface area contributed by atoms with E-state index in [1.165, 1.54) is 0 Å². The minimum Gasteiger partial charge on any atom is -0.506 e. The number of hydrogen-bond acceptors (Lipinski definition) is 3. The maximum Gasteiger partial charge on any atom is 0.134 e. The van der Waals surface area contributed by atoms with Crippen molar-refractivity contribution < 1.29 is 10.2 Å². The van der Waals surface area contributed by atoms with E-state index >= 15 is 0 Å². The summed E-state index contributed by atoms with van der Waals surface area (Å²) in [5.74, 6) is 0.277. The first kappa shape index (κ1) is 10.9. The van der Waals surface area contributed by atoms with Crippen LogP contribution in [0, 0.1) is 0 Å². The molecule has 15 heavy (non-hydrogen) atoms. The van der Waals surface area contributed by atoms with Crippen molar-refractivity contribution in [3.8, 4) is 5.75 Å². The van der Waals surface area contributed by atoms with E-state index in [0.29, 0.717) is 11.0 Å². The average Bonchev–Trinajstić information content (AvgIpc) is 3.01. The lowest BCUT2D eigenvalue weighted by Crippen LogP contribution is -2.34. The maximum atomic E-state index is 9.74. The molecule has 0 amide bonds. The lowest BCUT2D eigenvalue weighted by Gasteiger charge is -2.15. The van der Waals surface area contributed by atoms with E-state index in [1.807, 2.05) is 12.1 Å². The highest BCUT2D eigenvalue weighted by Crippen LogP contribution is 2.35. The number of rotatable bonds is 4. The van der Waals surface area contributed by atoms with Crippen molar-refractivity contribution in [3.63, 3.8) is 0 Å². The topological polar surface area (TPSA) is 52.5 Å². The van der Waals surface area contributed by atoms with Gasteiger partial charge in [-0.05, 0) is 34.8 Å². The van der Waals surface area contributed by atoms with Crippen LogP contribution in [0.3, 0.4) is 0 Å². The van der Waals surface area contributed by atoms with E-state index in [0.717, 1.165) is 18.4 Å². The Hall–Kier alpha value is -0.580. The van der Waals surface area contributed by atoms with Crippen molar-refractivity contribution in [1.82, 2.24) is 5.32 Å². The summed E-state index contributed by atoms with van der Waals surface area (Å²) in [6.07, 6.45) is 2.02. The average molecular weight is 272 g/mol. The molecule has 1 aromatic carbocycles. The number of benzene rings is 1. The van der Waals surface area contributed by atoms with Crippen LogP contribution in [-0.4, -0.2) is 22.4 Å². The van der Waals surface area contributed by atoms with Gasteiger partial charge in [0.2, 0.25) is 0 Å². The fourth-order valence-corrected chi connectivity index (χ4v) is 1.93. The molecule has 0 saturated heterocycles. The normalized spacial score (nSPS) is 17.7. The molecule has 0 unspecified atom stereocenters. The molecule has 1 aliphatic rings. The number of aliphatic hydroxyl groups is 1. The highest BCUT2D eigenvalue weighted by Gasteiger charge is 2.41. The molecule has 1 saturated carbocycles. The molecular formula is C11H14BrNO2. The largest absolute Gasteiger partial charge is 0.506 e. The summed E-state index contributed by atoms with van der Waals surface area (Å²) in [5.41, 5.74) is 0.762. The Bertz CT molecular complexity index is 364. The third-order valence-electron chi connectivity index (χ3n) is 2.88. The Morgan fingerprint density at radius 3 is 2.73 bits per heavy atom. The van der Waals surface area contributed by atoms with Crippen molar-refractivity contribution in [2.24, 2.45) is 0 Å². The van der Waals surface area contributed by atoms with Crippen LogP contribution in [-0.2, 0) is 6.54 Å². The molecule has 1 aliphatic carbocycles. The van der Waals surface area contributed by atoms with Gasteiger partial charge >= 0.3 is 0 Å². The Balaban J connectivity index is 2.02. The molecular weight excluding hydrogens is 258 g/mol. The van der Waals surface area contributed by atoms with Gasteiger partial charge < -0.3 is 15.5 Å². The third kappa shape index (κ3) is 2.33. The number of aromatic hydroxyl groups is 1. The van der Waals surface area contributed by atoms with Gasteiger partial charge in [-0.3, -0.25) is 0 Å². The number of nitrogens with one attached hydrogen (secondary N) is 1. The number of para-hydroxylation sites is 1. The highest BCUT2D eigenvalue weighted by molar-refractivity contribution is 9.10. The molecule has 0 atom stereocenters. The monoisotopic (exact) mass is 271 g/mol. The summed E-state index contributed by atoms with van der Waals surface area (Å²) in [4.78, 5) is 0. The summed E-state index contributed by atoms with van der Waals surface area (Å²) < 4.78 is 0.704. The van der Waals surface area contributed by atoms with E-state index in [2.05, 4.69) is 21.2 Å². The summed E-state index contributed by atoms with van der Waals surface area (Å²) in [7, 11) is 0. The predicted molar refractivity (Wildman–Crippen MR) is 61.7 cm³/mol. The van der Waals surface area contributed by atoms with E-state index in [4.69, 9.17) is 5.11 Å². The van der Waals surface area contributed by atoms with Gasteiger partial charge in [0.1, 0.15) is 5.75 Å². The number of aliphatic hydroxyl groups excluding tert-OH is 1. The first-order chi connectivity index (χ1) is 7.17. The van der Waals surface area contributed by atoms with Crippen LogP contribution < -0.4 is 5.32 Å². The zero-order chi connectivity index (χ0) is 10.9. The van der Waals surface area contributed by atoms with Gasteiger partial charge in [-0.15, -0.1) is 0 Å². The second-order valence-corrected chi connectivity index (χ2v) is 4.89. The van der Waals surface area contributed by atoms with Crippen LogP contribution in [0.25, 0.3) is 0 Å². The second kappa shape index (κ2) is 4.12. The van der Waals surface area contributed by atoms with E-state index in [9.17, 15) is 5.11 Å². The molecule has 3 N–H and O–H groups in total. The van der Waals surface area contributed by atoms with Gasteiger partial charge in [0.25, 0.3) is 0 Å². The molecule has 0 aliphatic heterocycles. The van der Waals surface area contributed by atoms with Crippen molar-refractivity contribution in [1.29, 1.82) is 0 Å². The van der Waals surface area contributed by atoms with Gasteiger partial charge in [0, 0.05) is 17.6 Å². The number of hydrogen-bond donors (Lipinski definition) is 3. The van der Waals surface area contributed by atoms with E-state index < -0.39 is 0 Å². The summed E-state index contributed by atoms with van der Waals surface area (Å²) in [6.45, 7) is 0.758. The molecule has 0 radical (unpaired) electrons. The Morgan fingerprint density at radius 2 is 2.13 bits per heavy atom. The fraction of sp³-hybridized carbons (Fsp3) is 0.455. The van der Waals surface area contributed by atoms with Crippen LogP contribution in [0.2, 0.25) is 0 Å². The Kier molecular flexibility index (Phi) is 3.00. The fourth-order valence-electron chi connectivity index (χ4n) is 1.53. The summed E-state index contributed by atoms with van der Waals surface area (Å²) in [6, 6.07) is 5.57. The molecule has 2 rings (SSSR count). The lowest BCUT2D eigenvalue weighted by atomic mass is 10.2. The minimum absolute atomic E-state index is 0.0885. The van der Waals surface area contributed by atoms with Crippen molar-refractivity contribution in [2.45, 2.75) is 24.9 Å². The molecule has 0 spiro atoms. The van der Waals surface area contributed by atoms with Crippen LogP contribution in [0.15, 0.2) is 22.7 Å². The number of phenols is 1. The molecule has 0 heterocycles. The van der Waals surface area contributed by atoms with Gasteiger partial charge in [-0.25, -0.2) is 0 Å². The smallest absolute Gasteiger partial charge is 0.134 e. The first-order valence-corrected chi connectivity index (χ1v) is 5.78. The molecule has 1 fully saturated rings. The van der Waals surface area contributed by atoms with Gasteiger partial charge in [0.05, 0.1) is 11.1 Å². The molecule has 1 aromatic rings. The van der Waals surface area contributed by atoms with Crippen LogP contribution in [0.5, 0.6) is 5.75 Å². The zero-order valence-corrected chi connectivity index (χ0v) is 9.92. The SMILES string of the molecule is OCC1(NCc2cccc(Br)c2O)CC1. The highest BCUT2D eigenvalue weighted by atomic mass is 79.9. The lowest BCUT2D eigenvalue weighted by molar-refractivity contribution is 0.229. The van der Waals surface area contributed by atoms with Crippen molar-refractivity contribution >= 4 is 15.9 Å². The number of phenolic OH excluding ortho intramolecular Hbond substituents is 1. The minimum atomic E-state index is -0.0885. The third-order valence-corrected chi connectivity index (χ3v) is 3.52. The zero-order valence-electron chi connectivity index (χ0n) is 8.33. The molecule has 0 aromatic heterocycles. The molecule has 0 bridgehead atoms. The van der Waals surface area contributed by atoms with Gasteiger partial charge in [-0.1, -0.05) is 12.1 Å². The second-order valence-electron chi connectivity index (χ2n) is 4.04. The van der Waals surface area contributed by atoms with Gasteiger partial charge in [0.15, 0.2) is 0 Å². The maximum absolute atomic E-state index is 9.74. The first-order valence-electron chi connectivity index (χ1n) is 4.99. The summed E-state index contributed by atoms with van der Waals surface area (Å²) in [5, 5.41) is 22.1.